The standard InChI is InChI=1S/C8H6F6N2/c9-7(10,11)16(8(12,13)14)15-6-4-2-1-3-5-6/h1-5,15H. The molecule has 90 valence electrons. The van der Waals surface area contributed by atoms with Gasteiger partial charge in [0.25, 0.3) is 0 Å². The van der Waals surface area contributed by atoms with Crippen molar-refractivity contribution in [1.29, 1.82) is 0 Å². The van der Waals surface area contributed by atoms with Crippen molar-refractivity contribution in [2.45, 2.75) is 12.6 Å². The summed E-state index contributed by atoms with van der Waals surface area (Å²) in [6, 6.07) is 6.27. The second-order valence-electron chi connectivity index (χ2n) is 2.75. The Labute approximate surface area is 86.4 Å². The van der Waals surface area contributed by atoms with Crippen LogP contribution in [0.5, 0.6) is 0 Å². The van der Waals surface area contributed by atoms with Gasteiger partial charge in [-0.1, -0.05) is 18.2 Å². The molecule has 0 aliphatic carbocycles. The summed E-state index contributed by atoms with van der Waals surface area (Å²) in [5, 5.41) is -1.71. The fourth-order valence-corrected chi connectivity index (χ4v) is 0.912. The highest BCUT2D eigenvalue weighted by Crippen LogP contribution is 2.33. The van der Waals surface area contributed by atoms with Gasteiger partial charge < -0.3 is 5.43 Å². The van der Waals surface area contributed by atoms with Gasteiger partial charge in [-0.2, -0.15) is 26.3 Å². The molecule has 1 aromatic rings. The SMILES string of the molecule is FC(F)(F)N(Nc1ccccc1)C(F)(F)F. The molecule has 8 heteroatoms. The van der Waals surface area contributed by atoms with Crippen LogP contribution in [0.15, 0.2) is 30.3 Å². The summed E-state index contributed by atoms with van der Waals surface area (Å²) < 4.78 is 72.3. The largest absolute Gasteiger partial charge is 0.485 e. The number of anilines is 1. The van der Waals surface area contributed by atoms with Crippen LogP contribution in [0.1, 0.15) is 0 Å². The number of benzene rings is 1. The molecular weight excluding hydrogens is 238 g/mol. The molecule has 1 aromatic carbocycles. The van der Waals surface area contributed by atoms with E-state index >= 15 is 0 Å². The van der Waals surface area contributed by atoms with Crippen molar-refractivity contribution >= 4 is 5.69 Å². The topological polar surface area (TPSA) is 15.3 Å². The summed E-state index contributed by atoms with van der Waals surface area (Å²) in [7, 11) is 0. The number of alkyl halides is 6. The maximum Gasteiger partial charge on any atom is 0.485 e. The lowest BCUT2D eigenvalue weighted by atomic mass is 10.3. The predicted molar refractivity (Wildman–Crippen MR) is 44.0 cm³/mol. The molecule has 0 aliphatic heterocycles. The van der Waals surface area contributed by atoms with Gasteiger partial charge in [-0.05, 0) is 17.1 Å². The van der Waals surface area contributed by atoms with Gasteiger partial charge in [-0.3, -0.25) is 0 Å². The normalized spacial score (nSPS) is 12.9. The minimum Gasteiger partial charge on any atom is -0.304 e. The van der Waals surface area contributed by atoms with Gasteiger partial charge in [0.2, 0.25) is 0 Å². The van der Waals surface area contributed by atoms with E-state index in [9.17, 15) is 26.3 Å². The van der Waals surface area contributed by atoms with E-state index < -0.39 is 17.6 Å². The Hall–Kier alpha value is -1.44. The molecule has 0 bridgehead atoms. The van der Waals surface area contributed by atoms with Crippen LogP contribution in [-0.4, -0.2) is 17.6 Å². The molecule has 16 heavy (non-hydrogen) atoms. The van der Waals surface area contributed by atoms with Crippen molar-refractivity contribution < 1.29 is 26.3 Å². The third-order valence-electron chi connectivity index (χ3n) is 1.52. The maximum absolute atomic E-state index is 12.0. The zero-order valence-corrected chi connectivity index (χ0v) is 7.60. The van der Waals surface area contributed by atoms with Gasteiger partial charge in [0.05, 0.1) is 0 Å². The Kier molecular flexibility index (Phi) is 3.32. The first-order chi connectivity index (χ1) is 7.21. The van der Waals surface area contributed by atoms with E-state index in [0.29, 0.717) is 0 Å². The quantitative estimate of drug-likeness (QED) is 0.487. The van der Waals surface area contributed by atoms with E-state index in [0.717, 1.165) is 12.1 Å². The molecule has 1 N–H and O–H groups in total. The number of para-hydroxylation sites is 1. The molecule has 0 radical (unpaired) electrons. The summed E-state index contributed by atoms with van der Waals surface area (Å²) >= 11 is 0. The minimum atomic E-state index is -5.55. The summed E-state index contributed by atoms with van der Waals surface area (Å²) in [5.41, 5.74) is 0.934. The van der Waals surface area contributed by atoms with Crippen molar-refractivity contribution in [2.75, 3.05) is 5.43 Å². The number of hydrogen-bond acceptors (Lipinski definition) is 2. The zero-order chi connectivity index (χ0) is 12.4. The number of nitrogens with zero attached hydrogens (tertiary/aromatic N) is 1. The molecule has 0 heterocycles. The molecule has 0 saturated heterocycles. The average Bonchev–Trinajstić information content (AvgIpc) is 2.12. The summed E-state index contributed by atoms with van der Waals surface area (Å²) in [4.78, 5) is 0. The van der Waals surface area contributed by atoms with E-state index in [1.54, 1.807) is 0 Å². The second-order valence-corrected chi connectivity index (χ2v) is 2.75. The summed E-state index contributed by atoms with van der Waals surface area (Å²) in [6.07, 6.45) is -11.1. The number of rotatable bonds is 2. The third-order valence-corrected chi connectivity index (χ3v) is 1.52. The first-order valence-electron chi connectivity index (χ1n) is 3.97. The Bertz CT molecular complexity index is 317. The molecule has 0 spiro atoms. The van der Waals surface area contributed by atoms with Crippen LogP contribution in [-0.2, 0) is 0 Å². The minimum absolute atomic E-state index is 0.308. The number of hydrazine groups is 1. The highest BCUT2D eigenvalue weighted by atomic mass is 19.4. The van der Waals surface area contributed by atoms with Crippen LogP contribution in [0, 0.1) is 0 Å². The lowest BCUT2D eigenvalue weighted by molar-refractivity contribution is -0.363. The van der Waals surface area contributed by atoms with Gasteiger partial charge >= 0.3 is 12.6 Å². The molecule has 0 aliphatic rings. The lowest BCUT2D eigenvalue weighted by Gasteiger charge is -2.27. The second kappa shape index (κ2) is 4.20. The van der Waals surface area contributed by atoms with Crippen molar-refractivity contribution in [3.05, 3.63) is 30.3 Å². The van der Waals surface area contributed by atoms with Gasteiger partial charge in [0.1, 0.15) is 0 Å². The Balaban J connectivity index is 2.89. The average molecular weight is 244 g/mol. The van der Waals surface area contributed by atoms with Gasteiger partial charge in [0, 0.05) is 5.69 Å². The molecule has 0 fully saturated rings. The van der Waals surface area contributed by atoms with Crippen LogP contribution in [0.25, 0.3) is 0 Å². The molecule has 0 amide bonds. The number of halogens is 6. The first-order valence-corrected chi connectivity index (χ1v) is 3.97. The fourth-order valence-electron chi connectivity index (χ4n) is 0.912. The fraction of sp³-hybridized carbons (Fsp3) is 0.250. The molecule has 2 nitrogen and oxygen atoms in total. The van der Waals surface area contributed by atoms with Crippen LogP contribution in [0.3, 0.4) is 0 Å². The number of hydrogen-bond donors (Lipinski definition) is 1. The zero-order valence-electron chi connectivity index (χ0n) is 7.60. The third kappa shape index (κ3) is 3.30. The highest BCUT2D eigenvalue weighted by Gasteiger charge is 2.54. The number of nitrogens with one attached hydrogen (secondary N) is 1. The van der Waals surface area contributed by atoms with E-state index in [1.807, 2.05) is 0 Å². The van der Waals surface area contributed by atoms with E-state index in [1.165, 1.54) is 23.6 Å². The Morgan fingerprint density at radius 1 is 0.812 bits per heavy atom. The van der Waals surface area contributed by atoms with E-state index in [-0.39, 0.29) is 5.69 Å². The summed E-state index contributed by atoms with van der Waals surface area (Å²) in [5.74, 6) is 0. The smallest absolute Gasteiger partial charge is 0.304 e. The molecule has 0 saturated carbocycles. The Morgan fingerprint density at radius 2 is 1.25 bits per heavy atom. The van der Waals surface area contributed by atoms with Gasteiger partial charge in [-0.25, -0.2) is 0 Å². The highest BCUT2D eigenvalue weighted by molar-refractivity contribution is 5.41. The van der Waals surface area contributed by atoms with E-state index in [4.69, 9.17) is 0 Å². The van der Waals surface area contributed by atoms with Crippen molar-refractivity contribution in [3.63, 3.8) is 0 Å². The lowest BCUT2D eigenvalue weighted by Crippen LogP contribution is -2.51. The van der Waals surface area contributed by atoms with Crippen LogP contribution < -0.4 is 5.43 Å². The molecule has 1 rings (SSSR count). The van der Waals surface area contributed by atoms with Crippen molar-refractivity contribution in [2.24, 2.45) is 0 Å². The van der Waals surface area contributed by atoms with Crippen LogP contribution >= 0.6 is 0 Å². The monoisotopic (exact) mass is 244 g/mol. The molecule has 0 atom stereocenters. The summed E-state index contributed by atoms with van der Waals surface area (Å²) in [6.45, 7) is 0. The van der Waals surface area contributed by atoms with E-state index in [2.05, 4.69) is 0 Å². The predicted octanol–water partition coefficient (Wildman–Crippen LogP) is 3.36. The van der Waals surface area contributed by atoms with Crippen molar-refractivity contribution in [3.8, 4) is 0 Å². The maximum atomic E-state index is 12.0. The van der Waals surface area contributed by atoms with Gasteiger partial charge in [0.15, 0.2) is 0 Å². The Morgan fingerprint density at radius 3 is 1.62 bits per heavy atom. The van der Waals surface area contributed by atoms with Crippen molar-refractivity contribution in [1.82, 2.24) is 5.01 Å². The molecule has 0 unspecified atom stereocenters. The first kappa shape index (κ1) is 12.6. The molecule has 0 aromatic heterocycles. The molecular formula is C8H6F6N2. The van der Waals surface area contributed by atoms with Gasteiger partial charge in [-0.15, -0.1) is 0 Å². The van der Waals surface area contributed by atoms with Crippen LogP contribution in [0.4, 0.5) is 32.0 Å². The van der Waals surface area contributed by atoms with Crippen LogP contribution in [0.2, 0.25) is 0 Å².